The molecule has 0 bridgehead atoms. The molecular weight excluding hydrogens is 546 g/mol. The molecule has 0 N–H and O–H groups in total. The van der Waals surface area contributed by atoms with Gasteiger partial charge < -0.3 is 9.66 Å². The Hall–Kier alpha value is -2.29. The predicted molar refractivity (Wildman–Crippen MR) is 76.4 cm³/mol. The number of halogens is 12. The van der Waals surface area contributed by atoms with E-state index in [0.717, 1.165) is 0 Å². The van der Waals surface area contributed by atoms with Crippen LogP contribution < -0.4 is 5.11 Å². The van der Waals surface area contributed by atoms with Crippen LogP contribution in [0.1, 0.15) is 16.7 Å². The molecule has 0 spiro atoms. The van der Waals surface area contributed by atoms with Gasteiger partial charge in [-0.1, -0.05) is 0 Å². The highest BCUT2D eigenvalue weighted by molar-refractivity contribution is 7.91. The Labute approximate surface area is 174 Å². The first-order valence-corrected chi connectivity index (χ1v) is 9.95. The van der Waals surface area contributed by atoms with Gasteiger partial charge in [0.2, 0.25) is 0 Å². The topological polar surface area (TPSA) is 127 Å². The van der Waals surface area contributed by atoms with Gasteiger partial charge in [-0.25, -0.2) is 8.42 Å². The summed E-state index contributed by atoms with van der Waals surface area (Å²) in [7, 11) is -15.3. The van der Waals surface area contributed by atoms with E-state index >= 15 is 0 Å². The van der Waals surface area contributed by atoms with Crippen molar-refractivity contribution < 1.29 is 79.2 Å². The molecule has 33 heavy (non-hydrogen) atoms. The summed E-state index contributed by atoms with van der Waals surface area (Å²) in [5.74, 6) is -10.6. The number of hydrogen-bond donors (Lipinski definition) is 0. The lowest BCUT2D eigenvalue weighted by atomic mass is 10.0. The van der Waals surface area contributed by atoms with Crippen LogP contribution in [0.2, 0.25) is 0 Å². The van der Waals surface area contributed by atoms with Crippen molar-refractivity contribution in [1.29, 1.82) is 0 Å². The third-order valence-corrected chi connectivity index (χ3v) is 5.60. The third kappa shape index (κ3) is 5.13. The Bertz CT molecular complexity index is 1140. The van der Waals surface area contributed by atoms with E-state index in [0.29, 0.717) is 0 Å². The van der Waals surface area contributed by atoms with E-state index in [-0.39, 0.29) is 0 Å². The molecule has 0 atom stereocenters. The van der Waals surface area contributed by atoms with Crippen molar-refractivity contribution in [2.24, 2.45) is 4.40 Å². The number of nitrogens with zero attached hydrogens (tertiary/aromatic N) is 1. The molecule has 21 heteroatoms. The van der Waals surface area contributed by atoms with Crippen molar-refractivity contribution in [1.82, 2.24) is 0 Å². The summed E-state index contributed by atoms with van der Waals surface area (Å²) in [5.41, 5.74) is -6.69. The predicted octanol–water partition coefficient (Wildman–Crippen LogP) is 2.53. The Kier molecular flexibility index (Phi) is 6.87. The molecule has 1 rings (SSSR count). The molecule has 0 aliphatic carbocycles. The van der Waals surface area contributed by atoms with Crippen molar-refractivity contribution in [2.75, 3.05) is 0 Å². The molecular formula is C12H3F12NO6S2-2. The van der Waals surface area contributed by atoms with Crippen LogP contribution in [0.4, 0.5) is 52.7 Å². The molecule has 0 fully saturated rings. The van der Waals surface area contributed by atoms with Crippen LogP contribution in [-0.2, 0) is 32.5 Å². The average molecular weight is 549 g/mol. The first-order valence-electron chi connectivity index (χ1n) is 7.10. The largest absolute Gasteiger partial charge is 0.858 e. The quantitative estimate of drug-likeness (QED) is 0.232. The normalized spacial score (nSPS) is 15.6. The summed E-state index contributed by atoms with van der Waals surface area (Å²) in [6.07, 6.45) is -11.3. The van der Waals surface area contributed by atoms with Gasteiger partial charge in [0.15, 0.2) is 10.1 Å². The molecule has 0 saturated heterocycles. The lowest BCUT2D eigenvalue weighted by molar-refractivity contribution is -0.246. The smallest absolute Gasteiger partial charge is 0.434 e. The van der Waals surface area contributed by atoms with E-state index in [9.17, 15) is 79.2 Å². The van der Waals surface area contributed by atoms with E-state index in [1.807, 2.05) is 0 Å². The van der Waals surface area contributed by atoms with Crippen molar-refractivity contribution in [3.8, 4) is 0 Å². The number of sulfonamides is 1. The van der Waals surface area contributed by atoms with Gasteiger partial charge in [0.1, 0.15) is 0 Å². The van der Waals surface area contributed by atoms with Gasteiger partial charge >= 0.3 is 38.8 Å². The number of alkyl halides is 12. The minimum atomic E-state index is -7.68. The Morgan fingerprint density at radius 1 is 0.697 bits per heavy atom. The zero-order chi connectivity index (χ0) is 26.6. The van der Waals surface area contributed by atoms with Crippen LogP contribution in [0, 0.1) is 0 Å². The fourth-order valence-corrected chi connectivity index (χ4v) is 3.18. The van der Waals surface area contributed by atoms with Crippen molar-refractivity contribution >= 4 is 26.0 Å². The number of hydrogen-bond acceptors (Lipinski definition) is 6. The van der Waals surface area contributed by atoms with Gasteiger partial charge in [0.25, 0.3) is 0 Å². The lowest BCUT2D eigenvalue weighted by Crippen LogP contribution is -2.60. The average Bonchev–Trinajstić information content (AvgIpc) is 2.57. The van der Waals surface area contributed by atoms with Crippen LogP contribution in [0.25, 0.3) is 0 Å². The van der Waals surface area contributed by atoms with E-state index in [4.69, 9.17) is 0 Å². The maximum atomic E-state index is 13.6. The summed E-state index contributed by atoms with van der Waals surface area (Å²) in [4.78, 5) is 0. The zero-order valence-electron chi connectivity index (χ0n) is 14.5. The molecule has 0 saturated carbocycles. The zero-order valence-corrected chi connectivity index (χ0v) is 16.1. The van der Waals surface area contributed by atoms with E-state index < -0.39 is 89.7 Å². The summed E-state index contributed by atoms with van der Waals surface area (Å²) >= 11 is 0. The van der Waals surface area contributed by atoms with Gasteiger partial charge in [-0.15, -0.1) is 0 Å². The van der Waals surface area contributed by atoms with E-state index in [1.54, 1.807) is 0 Å². The van der Waals surface area contributed by atoms with Gasteiger partial charge in [-0.2, -0.15) is 65.5 Å². The van der Waals surface area contributed by atoms with Gasteiger partial charge in [-0.3, -0.25) is 0 Å². The molecule has 1 aromatic rings. The minimum Gasteiger partial charge on any atom is -0.858 e. The fraction of sp³-hybridized carbons (Fsp3) is 0.417. The third-order valence-electron chi connectivity index (χ3n) is 3.41. The molecule has 0 heterocycles. The molecule has 0 radical (unpaired) electrons. The summed E-state index contributed by atoms with van der Waals surface area (Å²) in [6.45, 7) is 0. The molecule has 190 valence electrons. The minimum absolute atomic E-state index is 0.566. The van der Waals surface area contributed by atoms with Crippen LogP contribution in [0.15, 0.2) is 22.6 Å². The lowest BCUT2D eigenvalue weighted by Gasteiger charge is -2.32. The highest BCUT2D eigenvalue weighted by Crippen LogP contribution is 2.51. The molecule has 7 nitrogen and oxygen atoms in total. The number of benzene rings is 1. The molecule has 0 amide bonds. The molecule has 0 aromatic heterocycles. The van der Waals surface area contributed by atoms with Crippen LogP contribution >= 0.6 is 0 Å². The first kappa shape index (κ1) is 28.7. The second-order valence-corrected chi connectivity index (χ2v) is 8.79. The highest BCUT2D eigenvalue weighted by atomic mass is 32.2. The molecule has 0 unspecified atom stereocenters. The van der Waals surface area contributed by atoms with E-state index in [1.165, 1.54) is 4.40 Å². The molecule has 0 aliphatic heterocycles. The second kappa shape index (κ2) is 7.89. The first-order chi connectivity index (χ1) is 14.2. The van der Waals surface area contributed by atoms with Gasteiger partial charge in [0, 0.05) is 5.90 Å². The monoisotopic (exact) mass is 549 g/mol. The molecule has 0 aliphatic rings. The Morgan fingerprint density at radius 2 is 1.06 bits per heavy atom. The van der Waals surface area contributed by atoms with Gasteiger partial charge in [0.05, 0.1) is 11.1 Å². The Morgan fingerprint density at radius 3 is 1.36 bits per heavy atom. The fourth-order valence-electron chi connectivity index (χ4n) is 1.79. The SMILES string of the molecule is O=S(=O)([O-])C(F)(F)C(F)(F)C(F)(F)S(=O)(=O)N=C([O-])c1cc(C(F)(F)F)cc(C(F)(F)F)c1. The van der Waals surface area contributed by atoms with Crippen LogP contribution in [0.5, 0.6) is 0 Å². The van der Waals surface area contributed by atoms with E-state index in [2.05, 4.69) is 0 Å². The summed E-state index contributed by atoms with van der Waals surface area (Å²) in [5, 5.41) is -3.08. The Balaban J connectivity index is 3.77. The number of rotatable bonds is 6. The van der Waals surface area contributed by atoms with Gasteiger partial charge in [-0.05, 0) is 23.8 Å². The standard InChI is InChI=1S/C12H5F12NO6S2/c13-8(14,15)5-1-4(2-6(3-5)9(16,17)18)7(26)25-32(27,28)11(21,22)10(19,20)12(23,24)33(29,30)31/h1-3H,(H,25,26)(H,29,30,31)/p-2. The van der Waals surface area contributed by atoms with Crippen molar-refractivity contribution in [3.63, 3.8) is 0 Å². The summed E-state index contributed by atoms with van der Waals surface area (Å²) < 4.78 is 211. The van der Waals surface area contributed by atoms with Crippen LogP contribution in [0.3, 0.4) is 0 Å². The molecule has 1 aromatic carbocycles. The van der Waals surface area contributed by atoms with Crippen LogP contribution in [-0.4, -0.2) is 43.7 Å². The maximum Gasteiger partial charge on any atom is 0.434 e. The maximum absolute atomic E-state index is 13.6. The van der Waals surface area contributed by atoms with Crippen molar-refractivity contribution in [2.45, 2.75) is 28.8 Å². The summed E-state index contributed by atoms with van der Waals surface area (Å²) in [6, 6.07) is -1.75. The van der Waals surface area contributed by atoms with Crippen molar-refractivity contribution in [3.05, 3.63) is 34.9 Å². The highest BCUT2D eigenvalue weighted by Gasteiger charge is 2.80. The second-order valence-electron chi connectivity index (χ2n) is 5.73.